The maximum Gasteiger partial charge on any atom is 0.191 e. The number of halogens is 1. The summed E-state index contributed by atoms with van der Waals surface area (Å²) < 4.78 is 5.57. The van der Waals surface area contributed by atoms with E-state index in [2.05, 4.69) is 35.7 Å². The zero-order chi connectivity index (χ0) is 15.3. The first-order valence-corrected chi connectivity index (χ1v) is 9.74. The van der Waals surface area contributed by atoms with Gasteiger partial charge >= 0.3 is 0 Å². The number of nitrogens with one attached hydrogen (secondary N) is 2. The Morgan fingerprint density at radius 3 is 2.64 bits per heavy atom. The lowest BCUT2D eigenvalue weighted by atomic mass is 10.2. The molecule has 0 spiro atoms. The van der Waals surface area contributed by atoms with Gasteiger partial charge in [0, 0.05) is 37.6 Å². The van der Waals surface area contributed by atoms with Crippen LogP contribution in [0.1, 0.15) is 52.4 Å². The van der Waals surface area contributed by atoms with E-state index in [-0.39, 0.29) is 24.0 Å². The Hall–Kier alpha value is 0.310. The van der Waals surface area contributed by atoms with Gasteiger partial charge in [0.25, 0.3) is 0 Å². The molecule has 4 nitrogen and oxygen atoms in total. The van der Waals surface area contributed by atoms with E-state index in [0.717, 1.165) is 50.4 Å². The van der Waals surface area contributed by atoms with Crippen molar-refractivity contribution >= 4 is 41.7 Å². The van der Waals surface area contributed by atoms with Crippen LogP contribution in [-0.4, -0.2) is 49.8 Å². The summed E-state index contributed by atoms with van der Waals surface area (Å²) in [6.07, 6.45) is 9.41. The van der Waals surface area contributed by atoms with Crippen molar-refractivity contribution in [2.45, 2.75) is 63.7 Å². The quantitative estimate of drug-likeness (QED) is 0.234. The highest BCUT2D eigenvalue weighted by Crippen LogP contribution is 2.27. The lowest BCUT2D eigenvalue weighted by molar-refractivity contribution is 0.130. The first kappa shape index (κ1) is 22.3. The number of rotatable bonds is 10. The Kier molecular flexibility index (Phi) is 15.1. The predicted octanol–water partition coefficient (Wildman–Crippen LogP) is 3.65. The Labute approximate surface area is 158 Å². The second-order valence-electron chi connectivity index (χ2n) is 5.59. The number of nitrogens with zero attached hydrogens (tertiary/aromatic N) is 1. The number of aliphatic imine (C=N–C) groups is 1. The SMILES string of the molecule is CCCCOCCCN=C(NCC)NC1CCC(SC)C1.I. The highest BCUT2D eigenvalue weighted by molar-refractivity contribution is 14.0. The Bertz CT molecular complexity index is 293. The molecule has 2 N–H and O–H groups in total. The van der Waals surface area contributed by atoms with Gasteiger partial charge in [-0.05, 0) is 45.3 Å². The fraction of sp³-hybridized carbons (Fsp3) is 0.938. The van der Waals surface area contributed by atoms with Gasteiger partial charge in [0.15, 0.2) is 5.96 Å². The highest BCUT2D eigenvalue weighted by atomic mass is 127. The molecule has 0 aromatic carbocycles. The van der Waals surface area contributed by atoms with Gasteiger partial charge in [-0.15, -0.1) is 24.0 Å². The molecule has 0 bridgehead atoms. The molecule has 1 saturated carbocycles. The summed E-state index contributed by atoms with van der Waals surface area (Å²) in [7, 11) is 0. The summed E-state index contributed by atoms with van der Waals surface area (Å²) in [6.45, 7) is 7.76. The molecule has 2 unspecified atom stereocenters. The summed E-state index contributed by atoms with van der Waals surface area (Å²) in [5.41, 5.74) is 0. The van der Waals surface area contributed by atoms with Crippen molar-refractivity contribution < 1.29 is 4.74 Å². The van der Waals surface area contributed by atoms with Crippen LogP contribution >= 0.6 is 35.7 Å². The lowest BCUT2D eigenvalue weighted by Crippen LogP contribution is -2.42. The van der Waals surface area contributed by atoms with Crippen LogP contribution in [0.15, 0.2) is 4.99 Å². The fourth-order valence-corrected chi connectivity index (χ4v) is 3.30. The van der Waals surface area contributed by atoms with E-state index in [0.29, 0.717) is 6.04 Å². The molecule has 1 fully saturated rings. The Balaban J connectivity index is 0.00000441. The molecule has 22 heavy (non-hydrogen) atoms. The summed E-state index contributed by atoms with van der Waals surface area (Å²) >= 11 is 1.99. The van der Waals surface area contributed by atoms with Gasteiger partial charge in [0.2, 0.25) is 0 Å². The van der Waals surface area contributed by atoms with Gasteiger partial charge in [-0.25, -0.2) is 0 Å². The molecule has 1 aliphatic rings. The first-order chi connectivity index (χ1) is 10.3. The minimum Gasteiger partial charge on any atom is -0.381 e. The molecule has 0 aromatic rings. The van der Waals surface area contributed by atoms with Crippen molar-refractivity contribution in [3.63, 3.8) is 0 Å². The van der Waals surface area contributed by atoms with Crippen LogP contribution < -0.4 is 10.6 Å². The average Bonchev–Trinajstić information content (AvgIpc) is 2.94. The summed E-state index contributed by atoms with van der Waals surface area (Å²) in [5, 5.41) is 7.74. The van der Waals surface area contributed by atoms with Gasteiger partial charge in [0.05, 0.1) is 0 Å². The van der Waals surface area contributed by atoms with Crippen LogP contribution in [0.25, 0.3) is 0 Å². The van der Waals surface area contributed by atoms with Crippen molar-refractivity contribution in [1.82, 2.24) is 10.6 Å². The monoisotopic (exact) mass is 443 g/mol. The molecular formula is C16H34IN3OS. The molecule has 2 atom stereocenters. The molecule has 6 heteroatoms. The minimum atomic E-state index is 0. The third-order valence-corrected chi connectivity index (χ3v) is 4.86. The molecule has 0 heterocycles. The van der Waals surface area contributed by atoms with Crippen LogP contribution in [0, 0.1) is 0 Å². The van der Waals surface area contributed by atoms with Gasteiger partial charge in [0.1, 0.15) is 0 Å². The molecule has 0 aliphatic heterocycles. The van der Waals surface area contributed by atoms with Crippen molar-refractivity contribution in [3.8, 4) is 0 Å². The van der Waals surface area contributed by atoms with Gasteiger partial charge in [-0.1, -0.05) is 13.3 Å². The topological polar surface area (TPSA) is 45.6 Å². The molecule has 1 aliphatic carbocycles. The fourth-order valence-electron chi connectivity index (χ4n) is 2.50. The maximum atomic E-state index is 5.57. The second-order valence-corrected chi connectivity index (χ2v) is 6.73. The van der Waals surface area contributed by atoms with E-state index in [1.807, 2.05) is 11.8 Å². The van der Waals surface area contributed by atoms with Crippen LogP contribution in [-0.2, 0) is 4.74 Å². The lowest BCUT2D eigenvalue weighted by Gasteiger charge is -2.17. The van der Waals surface area contributed by atoms with E-state index in [1.54, 1.807) is 0 Å². The normalized spacial score (nSPS) is 21.5. The van der Waals surface area contributed by atoms with Crippen molar-refractivity contribution in [1.29, 1.82) is 0 Å². The molecule has 0 aromatic heterocycles. The van der Waals surface area contributed by atoms with Crippen molar-refractivity contribution in [3.05, 3.63) is 0 Å². The number of unbranched alkanes of at least 4 members (excludes halogenated alkanes) is 1. The van der Waals surface area contributed by atoms with Gasteiger partial charge < -0.3 is 15.4 Å². The average molecular weight is 443 g/mol. The number of ether oxygens (including phenoxy) is 1. The van der Waals surface area contributed by atoms with Gasteiger partial charge in [-0.2, -0.15) is 11.8 Å². The van der Waals surface area contributed by atoms with Crippen LogP contribution in [0.2, 0.25) is 0 Å². The molecule has 1 rings (SSSR count). The predicted molar refractivity (Wildman–Crippen MR) is 110 cm³/mol. The Morgan fingerprint density at radius 1 is 1.23 bits per heavy atom. The molecule has 0 amide bonds. The van der Waals surface area contributed by atoms with E-state index in [1.165, 1.54) is 25.7 Å². The molecule has 132 valence electrons. The van der Waals surface area contributed by atoms with Crippen LogP contribution in [0.4, 0.5) is 0 Å². The zero-order valence-electron chi connectivity index (χ0n) is 14.4. The van der Waals surface area contributed by atoms with Gasteiger partial charge in [-0.3, -0.25) is 4.99 Å². The number of thioether (sulfide) groups is 1. The molecule has 0 radical (unpaired) electrons. The van der Waals surface area contributed by atoms with Crippen LogP contribution in [0.5, 0.6) is 0 Å². The van der Waals surface area contributed by atoms with E-state index in [9.17, 15) is 0 Å². The summed E-state index contributed by atoms with van der Waals surface area (Å²) in [4.78, 5) is 4.65. The maximum absolute atomic E-state index is 5.57. The van der Waals surface area contributed by atoms with Crippen LogP contribution in [0.3, 0.4) is 0 Å². The second kappa shape index (κ2) is 14.9. The minimum absolute atomic E-state index is 0. The standard InChI is InChI=1S/C16H33N3OS.HI/c1-4-6-11-20-12-7-10-18-16(17-5-2)19-14-8-9-15(13-14)21-3;/h14-15H,4-13H2,1-3H3,(H2,17,18,19);1H. The van der Waals surface area contributed by atoms with E-state index in [4.69, 9.17) is 4.74 Å². The summed E-state index contributed by atoms with van der Waals surface area (Å²) in [5.74, 6) is 0.970. The molecule has 0 saturated heterocycles. The van der Waals surface area contributed by atoms with E-state index >= 15 is 0 Å². The van der Waals surface area contributed by atoms with E-state index < -0.39 is 0 Å². The van der Waals surface area contributed by atoms with Crippen molar-refractivity contribution in [2.75, 3.05) is 32.6 Å². The smallest absolute Gasteiger partial charge is 0.191 e. The number of hydrogen-bond acceptors (Lipinski definition) is 3. The van der Waals surface area contributed by atoms with Crippen molar-refractivity contribution in [2.24, 2.45) is 4.99 Å². The molecular weight excluding hydrogens is 409 g/mol. The highest BCUT2D eigenvalue weighted by Gasteiger charge is 2.24. The first-order valence-electron chi connectivity index (χ1n) is 8.45. The third-order valence-electron chi connectivity index (χ3n) is 3.76. The zero-order valence-corrected chi connectivity index (χ0v) is 17.5. The third kappa shape index (κ3) is 10.2. The number of hydrogen-bond donors (Lipinski definition) is 2. The summed E-state index contributed by atoms with van der Waals surface area (Å²) in [6, 6.07) is 0.584. The Morgan fingerprint density at radius 2 is 2.00 bits per heavy atom. The largest absolute Gasteiger partial charge is 0.381 e. The number of guanidine groups is 1.